The van der Waals surface area contributed by atoms with Crippen molar-refractivity contribution >= 4 is 11.6 Å². The van der Waals surface area contributed by atoms with Crippen LogP contribution in [-0.2, 0) is 11.3 Å². The van der Waals surface area contributed by atoms with Crippen molar-refractivity contribution in [2.24, 2.45) is 11.7 Å². The van der Waals surface area contributed by atoms with Gasteiger partial charge in [0.2, 0.25) is 5.91 Å². The molecule has 0 radical (unpaired) electrons. The fourth-order valence-corrected chi connectivity index (χ4v) is 1.66. The Morgan fingerprint density at radius 1 is 1.67 bits per heavy atom. The topological polar surface area (TPSA) is 72.9 Å². The van der Waals surface area contributed by atoms with Gasteiger partial charge in [-0.15, -0.1) is 0 Å². The fourth-order valence-electron chi connectivity index (χ4n) is 1.66. The number of anilines is 1. The summed E-state index contributed by atoms with van der Waals surface area (Å²) in [5.74, 6) is 0.438. The fraction of sp³-hybridized carbons (Fsp3) is 0.600. The summed E-state index contributed by atoms with van der Waals surface area (Å²) in [4.78, 5) is 10.6. The van der Waals surface area contributed by atoms with Crippen molar-refractivity contribution in [1.29, 1.82) is 0 Å². The monoisotopic (exact) mass is 208 g/mol. The van der Waals surface area contributed by atoms with Crippen molar-refractivity contribution in [2.45, 2.75) is 25.8 Å². The molecule has 1 amide bonds. The van der Waals surface area contributed by atoms with Gasteiger partial charge in [-0.25, -0.2) is 0 Å². The summed E-state index contributed by atoms with van der Waals surface area (Å²) in [6, 6.07) is 0. The third kappa shape index (κ3) is 2.71. The molecule has 82 valence electrons. The van der Waals surface area contributed by atoms with E-state index in [-0.39, 0.29) is 12.5 Å². The second-order valence-electron chi connectivity index (χ2n) is 4.07. The lowest BCUT2D eigenvalue weighted by molar-refractivity contribution is -0.118. The number of rotatable bonds is 5. The summed E-state index contributed by atoms with van der Waals surface area (Å²) in [6.45, 7) is 1.15. The Balaban J connectivity index is 1.80. The number of amides is 1. The summed E-state index contributed by atoms with van der Waals surface area (Å²) in [7, 11) is 0. The first kappa shape index (κ1) is 10.0. The summed E-state index contributed by atoms with van der Waals surface area (Å²) in [6.07, 6.45) is 7.53. The predicted octanol–water partition coefficient (Wildman–Crippen LogP) is 0.580. The molecule has 2 rings (SSSR count). The molecular weight excluding hydrogens is 192 g/mol. The van der Waals surface area contributed by atoms with Crippen LogP contribution in [0.15, 0.2) is 12.4 Å². The van der Waals surface area contributed by atoms with E-state index in [1.54, 1.807) is 10.9 Å². The molecule has 1 heterocycles. The first-order chi connectivity index (χ1) is 7.24. The van der Waals surface area contributed by atoms with Gasteiger partial charge >= 0.3 is 0 Å². The molecule has 1 fully saturated rings. The van der Waals surface area contributed by atoms with Crippen LogP contribution >= 0.6 is 0 Å². The van der Waals surface area contributed by atoms with Gasteiger partial charge in [0.15, 0.2) is 0 Å². The molecule has 0 aromatic carbocycles. The molecule has 5 heteroatoms. The molecule has 1 saturated carbocycles. The zero-order valence-corrected chi connectivity index (χ0v) is 8.65. The van der Waals surface area contributed by atoms with Gasteiger partial charge in [0, 0.05) is 12.7 Å². The number of carbonyl (C=O) groups excluding carboxylic acids is 1. The lowest BCUT2D eigenvalue weighted by Gasteiger charge is -2.25. The number of nitrogens with one attached hydrogen (secondary N) is 1. The van der Waals surface area contributed by atoms with Crippen LogP contribution in [0.3, 0.4) is 0 Å². The van der Waals surface area contributed by atoms with Gasteiger partial charge < -0.3 is 11.1 Å². The minimum Gasteiger partial charge on any atom is -0.382 e. The van der Waals surface area contributed by atoms with E-state index in [9.17, 15) is 4.79 Å². The Bertz CT molecular complexity index is 343. The molecule has 1 aromatic heterocycles. The van der Waals surface area contributed by atoms with Crippen LogP contribution in [0.5, 0.6) is 0 Å². The minimum absolute atomic E-state index is 0.144. The number of aromatic nitrogens is 2. The Kier molecular flexibility index (Phi) is 2.89. The molecular formula is C10H16N4O. The van der Waals surface area contributed by atoms with Crippen molar-refractivity contribution < 1.29 is 4.79 Å². The summed E-state index contributed by atoms with van der Waals surface area (Å²) in [5, 5.41) is 7.34. The number of primary amides is 1. The van der Waals surface area contributed by atoms with Gasteiger partial charge in [0.25, 0.3) is 0 Å². The Hall–Kier alpha value is -1.52. The maximum Gasteiger partial charge on any atom is 0.239 e. The zero-order valence-electron chi connectivity index (χ0n) is 8.65. The van der Waals surface area contributed by atoms with Crippen LogP contribution in [0.2, 0.25) is 0 Å². The van der Waals surface area contributed by atoms with Crippen LogP contribution in [0, 0.1) is 5.92 Å². The number of nitrogens with two attached hydrogens (primary N) is 1. The number of hydrogen-bond acceptors (Lipinski definition) is 3. The van der Waals surface area contributed by atoms with E-state index in [0.29, 0.717) is 0 Å². The molecule has 1 aromatic rings. The molecule has 0 bridgehead atoms. The van der Waals surface area contributed by atoms with Gasteiger partial charge in [0.1, 0.15) is 6.54 Å². The molecule has 0 spiro atoms. The molecule has 3 N–H and O–H groups in total. The largest absolute Gasteiger partial charge is 0.382 e. The van der Waals surface area contributed by atoms with E-state index in [1.165, 1.54) is 19.3 Å². The first-order valence-electron chi connectivity index (χ1n) is 5.28. The third-order valence-corrected chi connectivity index (χ3v) is 2.77. The highest BCUT2D eigenvalue weighted by atomic mass is 16.1. The molecule has 0 atom stereocenters. The van der Waals surface area contributed by atoms with Gasteiger partial charge in [0.05, 0.1) is 11.9 Å². The summed E-state index contributed by atoms with van der Waals surface area (Å²) >= 11 is 0. The SMILES string of the molecule is NC(=O)Cn1cc(NCC2CCC2)cn1. The van der Waals surface area contributed by atoms with E-state index in [2.05, 4.69) is 10.4 Å². The second-order valence-corrected chi connectivity index (χ2v) is 4.07. The zero-order chi connectivity index (χ0) is 10.7. The van der Waals surface area contributed by atoms with Crippen molar-refractivity contribution in [3.63, 3.8) is 0 Å². The minimum atomic E-state index is -0.372. The highest BCUT2D eigenvalue weighted by molar-refractivity contribution is 5.73. The average molecular weight is 208 g/mol. The van der Waals surface area contributed by atoms with Gasteiger partial charge in [-0.1, -0.05) is 6.42 Å². The molecule has 1 aliphatic carbocycles. The van der Waals surface area contributed by atoms with E-state index >= 15 is 0 Å². The van der Waals surface area contributed by atoms with E-state index in [0.717, 1.165) is 18.2 Å². The van der Waals surface area contributed by atoms with Crippen LogP contribution in [0.25, 0.3) is 0 Å². The van der Waals surface area contributed by atoms with Gasteiger partial charge in [-0.2, -0.15) is 5.10 Å². The Morgan fingerprint density at radius 2 is 2.47 bits per heavy atom. The van der Waals surface area contributed by atoms with Crippen molar-refractivity contribution in [3.8, 4) is 0 Å². The molecule has 5 nitrogen and oxygen atoms in total. The Morgan fingerprint density at radius 3 is 3.07 bits per heavy atom. The highest BCUT2D eigenvalue weighted by Crippen LogP contribution is 2.26. The molecule has 15 heavy (non-hydrogen) atoms. The maximum atomic E-state index is 10.6. The van der Waals surface area contributed by atoms with Crippen molar-refractivity contribution in [2.75, 3.05) is 11.9 Å². The van der Waals surface area contributed by atoms with Gasteiger partial charge in [-0.05, 0) is 18.8 Å². The molecule has 0 unspecified atom stereocenters. The van der Waals surface area contributed by atoms with Crippen molar-refractivity contribution in [1.82, 2.24) is 9.78 Å². The lowest BCUT2D eigenvalue weighted by Crippen LogP contribution is -2.20. The van der Waals surface area contributed by atoms with E-state index in [1.807, 2.05) is 6.20 Å². The Labute approximate surface area is 88.6 Å². The maximum absolute atomic E-state index is 10.6. The second kappa shape index (κ2) is 4.33. The van der Waals surface area contributed by atoms with Crippen LogP contribution in [-0.4, -0.2) is 22.2 Å². The van der Waals surface area contributed by atoms with Crippen molar-refractivity contribution in [3.05, 3.63) is 12.4 Å². The van der Waals surface area contributed by atoms with Crippen LogP contribution in [0.1, 0.15) is 19.3 Å². The number of carbonyl (C=O) groups is 1. The van der Waals surface area contributed by atoms with E-state index < -0.39 is 0 Å². The lowest BCUT2D eigenvalue weighted by atomic mass is 9.85. The third-order valence-electron chi connectivity index (χ3n) is 2.77. The summed E-state index contributed by atoms with van der Waals surface area (Å²) < 4.78 is 1.55. The summed E-state index contributed by atoms with van der Waals surface area (Å²) in [5.41, 5.74) is 6.03. The number of hydrogen-bond donors (Lipinski definition) is 2. The normalized spacial score (nSPS) is 16.0. The quantitative estimate of drug-likeness (QED) is 0.743. The molecule has 1 aliphatic rings. The van der Waals surface area contributed by atoms with Crippen LogP contribution < -0.4 is 11.1 Å². The average Bonchev–Trinajstić information content (AvgIpc) is 2.48. The number of nitrogens with zero attached hydrogens (tertiary/aromatic N) is 2. The smallest absolute Gasteiger partial charge is 0.239 e. The predicted molar refractivity (Wildman–Crippen MR) is 57.3 cm³/mol. The molecule has 0 saturated heterocycles. The standard InChI is InChI=1S/C10H16N4O/c11-10(15)7-14-6-9(5-13-14)12-4-8-2-1-3-8/h5-6,8,12H,1-4,7H2,(H2,11,15). The first-order valence-corrected chi connectivity index (χ1v) is 5.28. The van der Waals surface area contributed by atoms with E-state index in [4.69, 9.17) is 5.73 Å². The van der Waals surface area contributed by atoms with Crippen LogP contribution in [0.4, 0.5) is 5.69 Å². The highest BCUT2D eigenvalue weighted by Gasteiger charge is 2.16. The van der Waals surface area contributed by atoms with Gasteiger partial charge in [-0.3, -0.25) is 9.48 Å². The molecule has 0 aliphatic heterocycles.